The normalized spacial score (nSPS) is 13.6. The van der Waals surface area contributed by atoms with Crippen molar-refractivity contribution in [1.82, 2.24) is 4.72 Å². The van der Waals surface area contributed by atoms with E-state index in [1.807, 2.05) is 6.92 Å². The smallest absolute Gasteiger partial charge is 0.243 e. The zero-order valence-electron chi connectivity index (χ0n) is 10.5. The average Bonchev–Trinajstić information content (AvgIpc) is 2.30. The fourth-order valence-corrected chi connectivity index (χ4v) is 2.77. The van der Waals surface area contributed by atoms with Crippen LogP contribution in [0.15, 0.2) is 23.1 Å². The van der Waals surface area contributed by atoms with Crippen molar-refractivity contribution in [3.63, 3.8) is 0 Å². The second-order valence-electron chi connectivity index (χ2n) is 4.23. The number of aryl methyl sites for hydroxylation is 1. The molecule has 0 radical (unpaired) electrons. The molecule has 0 amide bonds. The number of aliphatic hydroxyl groups excluding tert-OH is 1. The molecule has 0 heterocycles. The molecule has 0 saturated carbocycles. The third-order valence-electron chi connectivity index (χ3n) is 2.51. The molecule has 1 unspecified atom stereocenters. The first-order valence-electron chi connectivity index (χ1n) is 5.80. The first kappa shape index (κ1) is 15.1. The minimum atomic E-state index is -3.91. The van der Waals surface area contributed by atoms with Crippen LogP contribution in [0.5, 0.6) is 0 Å². The highest BCUT2D eigenvalue weighted by molar-refractivity contribution is 7.89. The van der Waals surface area contributed by atoms with E-state index in [4.69, 9.17) is 0 Å². The molecule has 2 N–H and O–H groups in total. The summed E-state index contributed by atoms with van der Waals surface area (Å²) < 4.78 is 39.4. The topological polar surface area (TPSA) is 66.4 Å². The summed E-state index contributed by atoms with van der Waals surface area (Å²) in [5, 5.41) is 9.46. The molecule has 4 nitrogen and oxygen atoms in total. The molecule has 0 aliphatic heterocycles. The number of hydrogen-bond donors (Lipinski definition) is 2. The SMILES string of the molecule is CCCC(O)CNS(=O)(=O)c1cc(C)ccc1F. The van der Waals surface area contributed by atoms with Crippen molar-refractivity contribution in [2.24, 2.45) is 0 Å². The predicted octanol–water partition coefficient (Wildman–Crippen LogP) is 1.57. The van der Waals surface area contributed by atoms with Gasteiger partial charge in [0.2, 0.25) is 10.0 Å². The molecule has 1 aromatic rings. The summed E-state index contributed by atoms with van der Waals surface area (Å²) in [6, 6.07) is 3.89. The van der Waals surface area contributed by atoms with E-state index in [1.165, 1.54) is 12.1 Å². The summed E-state index contributed by atoms with van der Waals surface area (Å²) >= 11 is 0. The number of halogens is 1. The maximum atomic E-state index is 13.5. The summed E-state index contributed by atoms with van der Waals surface area (Å²) in [4.78, 5) is -0.383. The van der Waals surface area contributed by atoms with Crippen LogP contribution in [0.25, 0.3) is 0 Å². The Bertz CT molecular complexity index is 502. The van der Waals surface area contributed by atoms with Gasteiger partial charge in [0, 0.05) is 6.54 Å². The van der Waals surface area contributed by atoms with Crippen molar-refractivity contribution in [2.45, 2.75) is 37.7 Å². The third kappa shape index (κ3) is 4.04. The van der Waals surface area contributed by atoms with Gasteiger partial charge in [0.15, 0.2) is 0 Å². The van der Waals surface area contributed by atoms with E-state index in [0.717, 1.165) is 12.5 Å². The average molecular weight is 275 g/mol. The van der Waals surface area contributed by atoms with Crippen LogP contribution in [-0.4, -0.2) is 26.2 Å². The Hall–Kier alpha value is -0.980. The van der Waals surface area contributed by atoms with Gasteiger partial charge in [0.25, 0.3) is 0 Å². The van der Waals surface area contributed by atoms with Gasteiger partial charge in [-0.05, 0) is 31.0 Å². The van der Waals surface area contributed by atoms with E-state index in [2.05, 4.69) is 4.72 Å². The van der Waals surface area contributed by atoms with Crippen LogP contribution in [0.1, 0.15) is 25.3 Å². The van der Waals surface area contributed by atoms with Crippen LogP contribution in [0.2, 0.25) is 0 Å². The monoisotopic (exact) mass is 275 g/mol. The Morgan fingerprint density at radius 3 is 2.72 bits per heavy atom. The molecule has 102 valence electrons. The number of benzene rings is 1. The highest BCUT2D eigenvalue weighted by Crippen LogP contribution is 2.15. The molecule has 0 aliphatic rings. The summed E-state index contributed by atoms with van der Waals surface area (Å²) in [7, 11) is -3.91. The van der Waals surface area contributed by atoms with Crippen molar-refractivity contribution in [3.05, 3.63) is 29.6 Å². The van der Waals surface area contributed by atoms with Crippen LogP contribution >= 0.6 is 0 Å². The van der Waals surface area contributed by atoms with Gasteiger partial charge in [-0.3, -0.25) is 0 Å². The first-order valence-corrected chi connectivity index (χ1v) is 7.29. The Kier molecular flexibility index (Phi) is 5.25. The zero-order valence-corrected chi connectivity index (χ0v) is 11.3. The van der Waals surface area contributed by atoms with Gasteiger partial charge >= 0.3 is 0 Å². The van der Waals surface area contributed by atoms with Crippen molar-refractivity contribution >= 4 is 10.0 Å². The molecule has 0 fully saturated rings. The van der Waals surface area contributed by atoms with Crippen molar-refractivity contribution in [3.8, 4) is 0 Å². The Balaban J connectivity index is 2.83. The van der Waals surface area contributed by atoms with Crippen molar-refractivity contribution < 1.29 is 17.9 Å². The predicted molar refractivity (Wildman–Crippen MR) is 67.2 cm³/mol. The van der Waals surface area contributed by atoms with E-state index in [9.17, 15) is 17.9 Å². The third-order valence-corrected chi connectivity index (χ3v) is 3.95. The zero-order chi connectivity index (χ0) is 13.8. The minimum Gasteiger partial charge on any atom is -0.392 e. The van der Waals surface area contributed by atoms with E-state index in [0.29, 0.717) is 12.0 Å². The van der Waals surface area contributed by atoms with Gasteiger partial charge in [-0.15, -0.1) is 0 Å². The lowest BCUT2D eigenvalue weighted by atomic mass is 10.2. The molecule has 0 aliphatic carbocycles. The van der Waals surface area contributed by atoms with Gasteiger partial charge in [0.1, 0.15) is 10.7 Å². The second kappa shape index (κ2) is 6.26. The number of rotatable bonds is 6. The van der Waals surface area contributed by atoms with Gasteiger partial charge in [-0.25, -0.2) is 17.5 Å². The second-order valence-corrected chi connectivity index (χ2v) is 5.96. The van der Waals surface area contributed by atoms with Crippen LogP contribution in [0.3, 0.4) is 0 Å². The number of aliphatic hydroxyl groups is 1. The largest absolute Gasteiger partial charge is 0.392 e. The van der Waals surface area contributed by atoms with Gasteiger partial charge in [0.05, 0.1) is 6.10 Å². The van der Waals surface area contributed by atoms with Crippen molar-refractivity contribution in [1.29, 1.82) is 0 Å². The van der Waals surface area contributed by atoms with E-state index >= 15 is 0 Å². The lowest BCUT2D eigenvalue weighted by molar-refractivity contribution is 0.167. The maximum Gasteiger partial charge on any atom is 0.243 e. The van der Waals surface area contributed by atoms with E-state index in [-0.39, 0.29) is 11.4 Å². The molecule has 1 rings (SSSR count). The van der Waals surface area contributed by atoms with Gasteiger partial charge < -0.3 is 5.11 Å². The number of nitrogens with one attached hydrogen (secondary N) is 1. The Labute approximate surface area is 107 Å². The number of sulfonamides is 1. The van der Waals surface area contributed by atoms with Gasteiger partial charge in [-0.1, -0.05) is 19.4 Å². The quantitative estimate of drug-likeness (QED) is 0.828. The molecule has 1 aromatic carbocycles. The summed E-state index contributed by atoms with van der Waals surface area (Å²) in [6.45, 7) is 3.46. The van der Waals surface area contributed by atoms with Crippen LogP contribution in [-0.2, 0) is 10.0 Å². The highest BCUT2D eigenvalue weighted by atomic mass is 32.2. The van der Waals surface area contributed by atoms with E-state index < -0.39 is 21.9 Å². The van der Waals surface area contributed by atoms with E-state index in [1.54, 1.807) is 6.92 Å². The molecule has 1 atom stereocenters. The minimum absolute atomic E-state index is 0.108. The Morgan fingerprint density at radius 2 is 2.11 bits per heavy atom. The van der Waals surface area contributed by atoms with Crippen molar-refractivity contribution in [2.75, 3.05) is 6.54 Å². The lowest BCUT2D eigenvalue weighted by Crippen LogP contribution is -2.32. The first-order chi connectivity index (χ1) is 8.36. The maximum absolute atomic E-state index is 13.5. The molecular weight excluding hydrogens is 257 g/mol. The standard InChI is InChI=1S/C12H18FNO3S/c1-3-4-10(15)8-14-18(16,17)12-7-9(2)5-6-11(12)13/h5-7,10,14-15H,3-4,8H2,1-2H3. The lowest BCUT2D eigenvalue weighted by Gasteiger charge is -2.12. The molecular formula is C12H18FNO3S. The van der Waals surface area contributed by atoms with Crippen LogP contribution in [0, 0.1) is 12.7 Å². The highest BCUT2D eigenvalue weighted by Gasteiger charge is 2.19. The summed E-state index contributed by atoms with van der Waals surface area (Å²) in [5.41, 5.74) is 0.658. The van der Waals surface area contributed by atoms with Gasteiger partial charge in [-0.2, -0.15) is 0 Å². The molecule has 0 aromatic heterocycles. The molecule has 0 bridgehead atoms. The molecule has 6 heteroatoms. The van der Waals surface area contributed by atoms with Crippen LogP contribution < -0.4 is 4.72 Å². The summed E-state index contributed by atoms with van der Waals surface area (Å²) in [5.74, 6) is -0.793. The molecule has 0 spiro atoms. The number of hydrogen-bond acceptors (Lipinski definition) is 3. The Morgan fingerprint density at radius 1 is 1.44 bits per heavy atom. The molecule has 0 saturated heterocycles. The fraction of sp³-hybridized carbons (Fsp3) is 0.500. The van der Waals surface area contributed by atoms with Crippen LogP contribution in [0.4, 0.5) is 4.39 Å². The fourth-order valence-electron chi connectivity index (χ4n) is 1.54. The molecule has 18 heavy (non-hydrogen) atoms. The summed E-state index contributed by atoms with van der Waals surface area (Å²) in [6.07, 6.45) is 0.498.